The summed E-state index contributed by atoms with van der Waals surface area (Å²) in [5.41, 5.74) is 6.48. The first-order valence-electron chi connectivity index (χ1n) is 7.23. The van der Waals surface area contributed by atoms with E-state index in [0.717, 1.165) is 17.9 Å². The first-order chi connectivity index (χ1) is 9.28. The number of nitrogens with two attached hydrogens (primary N) is 1. The molecular formula is C15H23N3O. The zero-order valence-electron chi connectivity index (χ0n) is 11.4. The van der Waals surface area contributed by atoms with Crippen molar-refractivity contribution in [2.45, 2.75) is 51.5 Å². The molecule has 0 spiro atoms. The van der Waals surface area contributed by atoms with E-state index in [0.29, 0.717) is 18.8 Å². The molecule has 0 aliphatic heterocycles. The number of carbonyl (C=O) groups is 1. The van der Waals surface area contributed by atoms with Crippen molar-refractivity contribution >= 4 is 11.7 Å². The van der Waals surface area contributed by atoms with E-state index in [-0.39, 0.29) is 5.91 Å². The minimum Gasteiger partial charge on any atom is -0.326 e. The third-order valence-corrected chi connectivity index (χ3v) is 3.83. The summed E-state index contributed by atoms with van der Waals surface area (Å²) in [5, 5.41) is 2.84. The highest BCUT2D eigenvalue weighted by atomic mass is 16.1. The Labute approximate surface area is 114 Å². The molecule has 1 aliphatic carbocycles. The first-order valence-corrected chi connectivity index (χ1v) is 7.23. The van der Waals surface area contributed by atoms with Crippen LogP contribution in [0, 0.1) is 5.92 Å². The molecule has 0 atom stereocenters. The van der Waals surface area contributed by atoms with Gasteiger partial charge >= 0.3 is 0 Å². The second-order valence-corrected chi connectivity index (χ2v) is 5.35. The molecule has 0 radical (unpaired) electrons. The molecule has 1 amide bonds. The van der Waals surface area contributed by atoms with Gasteiger partial charge in [0.25, 0.3) is 0 Å². The number of anilines is 1. The Morgan fingerprint density at radius 3 is 2.74 bits per heavy atom. The SMILES string of the molecule is NCc1ccc(NC(=O)CCC2CCCCC2)nc1. The molecule has 3 N–H and O–H groups in total. The number of carbonyl (C=O) groups excluding carboxylic acids is 1. The third kappa shape index (κ3) is 4.63. The second kappa shape index (κ2) is 7.24. The molecule has 0 saturated heterocycles. The molecule has 1 saturated carbocycles. The molecule has 1 aromatic rings. The normalized spacial score (nSPS) is 16.3. The molecule has 4 nitrogen and oxygen atoms in total. The van der Waals surface area contributed by atoms with Gasteiger partial charge in [0.2, 0.25) is 5.91 Å². The molecule has 1 aliphatic rings. The van der Waals surface area contributed by atoms with E-state index in [1.54, 1.807) is 12.3 Å². The van der Waals surface area contributed by atoms with E-state index in [1.165, 1.54) is 32.1 Å². The maximum absolute atomic E-state index is 11.8. The highest BCUT2D eigenvalue weighted by Gasteiger charge is 2.14. The number of hydrogen-bond donors (Lipinski definition) is 2. The number of amides is 1. The standard InChI is InChI=1S/C15H23N3O/c16-10-13-6-8-14(17-11-13)18-15(19)9-7-12-4-2-1-3-5-12/h6,8,11-12H,1-5,7,9-10,16H2,(H,17,18,19). The van der Waals surface area contributed by atoms with Gasteiger partial charge in [-0.05, 0) is 24.0 Å². The van der Waals surface area contributed by atoms with E-state index in [2.05, 4.69) is 10.3 Å². The Morgan fingerprint density at radius 1 is 1.32 bits per heavy atom. The van der Waals surface area contributed by atoms with Crippen LogP contribution in [0.15, 0.2) is 18.3 Å². The highest BCUT2D eigenvalue weighted by molar-refractivity contribution is 5.89. The zero-order valence-corrected chi connectivity index (χ0v) is 11.4. The van der Waals surface area contributed by atoms with Crippen LogP contribution in [0.5, 0.6) is 0 Å². The van der Waals surface area contributed by atoms with E-state index >= 15 is 0 Å². The lowest BCUT2D eigenvalue weighted by Crippen LogP contribution is -2.15. The van der Waals surface area contributed by atoms with Crippen molar-refractivity contribution in [2.24, 2.45) is 11.7 Å². The summed E-state index contributed by atoms with van der Waals surface area (Å²) in [7, 11) is 0. The van der Waals surface area contributed by atoms with Crippen LogP contribution in [-0.4, -0.2) is 10.9 Å². The number of nitrogens with zero attached hydrogens (tertiary/aromatic N) is 1. The maximum atomic E-state index is 11.8. The largest absolute Gasteiger partial charge is 0.326 e. The van der Waals surface area contributed by atoms with Gasteiger partial charge in [-0.2, -0.15) is 0 Å². The molecule has 4 heteroatoms. The second-order valence-electron chi connectivity index (χ2n) is 5.35. The van der Waals surface area contributed by atoms with Gasteiger partial charge in [-0.1, -0.05) is 38.2 Å². The summed E-state index contributed by atoms with van der Waals surface area (Å²) >= 11 is 0. The van der Waals surface area contributed by atoms with Gasteiger partial charge in [0, 0.05) is 19.2 Å². The zero-order chi connectivity index (χ0) is 13.5. The Morgan fingerprint density at radius 2 is 2.11 bits per heavy atom. The van der Waals surface area contributed by atoms with Gasteiger partial charge in [0.15, 0.2) is 0 Å². The summed E-state index contributed by atoms with van der Waals surface area (Å²) in [5.74, 6) is 1.43. The fourth-order valence-electron chi connectivity index (χ4n) is 2.64. The number of nitrogens with one attached hydrogen (secondary N) is 1. The van der Waals surface area contributed by atoms with Gasteiger partial charge < -0.3 is 11.1 Å². The minimum absolute atomic E-state index is 0.0681. The van der Waals surface area contributed by atoms with Crippen LogP contribution < -0.4 is 11.1 Å². The van der Waals surface area contributed by atoms with E-state index in [9.17, 15) is 4.79 Å². The molecular weight excluding hydrogens is 238 g/mol. The average Bonchev–Trinajstić information content (AvgIpc) is 2.47. The smallest absolute Gasteiger partial charge is 0.225 e. The van der Waals surface area contributed by atoms with Gasteiger partial charge in [0.05, 0.1) is 0 Å². The summed E-state index contributed by atoms with van der Waals surface area (Å²) in [6.45, 7) is 0.475. The predicted octanol–water partition coefficient (Wildman–Crippen LogP) is 2.84. The van der Waals surface area contributed by atoms with Crippen LogP contribution in [0.1, 0.15) is 50.5 Å². The molecule has 0 aromatic carbocycles. The fraction of sp³-hybridized carbons (Fsp3) is 0.600. The molecule has 2 rings (SSSR count). The summed E-state index contributed by atoms with van der Waals surface area (Å²) in [4.78, 5) is 16.0. The van der Waals surface area contributed by atoms with Gasteiger partial charge in [-0.15, -0.1) is 0 Å². The van der Waals surface area contributed by atoms with Gasteiger partial charge in [-0.25, -0.2) is 4.98 Å². The van der Waals surface area contributed by atoms with Crippen molar-refractivity contribution in [3.63, 3.8) is 0 Å². The number of pyridine rings is 1. The molecule has 1 aromatic heterocycles. The summed E-state index contributed by atoms with van der Waals surface area (Å²) < 4.78 is 0. The lowest BCUT2D eigenvalue weighted by Gasteiger charge is -2.20. The third-order valence-electron chi connectivity index (χ3n) is 3.83. The monoisotopic (exact) mass is 261 g/mol. The molecule has 19 heavy (non-hydrogen) atoms. The lowest BCUT2D eigenvalue weighted by molar-refractivity contribution is -0.116. The van der Waals surface area contributed by atoms with Crippen molar-refractivity contribution in [1.29, 1.82) is 0 Å². The lowest BCUT2D eigenvalue weighted by atomic mass is 9.86. The van der Waals surface area contributed by atoms with Crippen LogP contribution in [0.3, 0.4) is 0 Å². The number of hydrogen-bond acceptors (Lipinski definition) is 3. The molecule has 104 valence electrons. The molecule has 1 fully saturated rings. The Kier molecular flexibility index (Phi) is 5.33. The maximum Gasteiger partial charge on any atom is 0.225 e. The average molecular weight is 261 g/mol. The highest BCUT2D eigenvalue weighted by Crippen LogP contribution is 2.27. The molecule has 0 unspecified atom stereocenters. The van der Waals surface area contributed by atoms with Crippen LogP contribution in [0.2, 0.25) is 0 Å². The van der Waals surface area contributed by atoms with Gasteiger partial charge in [0.1, 0.15) is 5.82 Å². The Hall–Kier alpha value is -1.42. The van der Waals surface area contributed by atoms with Crippen LogP contribution in [0.25, 0.3) is 0 Å². The van der Waals surface area contributed by atoms with Crippen LogP contribution in [-0.2, 0) is 11.3 Å². The quantitative estimate of drug-likeness (QED) is 0.856. The van der Waals surface area contributed by atoms with Crippen molar-refractivity contribution < 1.29 is 4.79 Å². The predicted molar refractivity (Wildman–Crippen MR) is 76.6 cm³/mol. The number of aromatic nitrogens is 1. The summed E-state index contributed by atoms with van der Waals surface area (Å²) in [6.07, 6.45) is 9.91. The fourth-order valence-corrected chi connectivity index (χ4v) is 2.64. The Balaban J connectivity index is 1.73. The minimum atomic E-state index is 0.0681. The topological polar surface area (TPSA) is 68.0 Å². The first kappa shape index (κ1) is 14.0. The van der Waals surface area contributed by atoms with Crippen LogP contribution >= 0.6 is 0 Å². The van der Waals surface area contributed by atoms with E-state index in [4.69, 9.17) is 5.73 Å². The van der Waals surface area contributed by atoms with E-state index < -0.39 is 0 Å². The van der Waals surface area contributed by atoms with E-state index in [1.807, 2.05) is 6.07 Å². The molecule has 0 bridgehead atoms. The van der Waals surface area contributed by atoms with Crippen molar-refractivity contribution in [2.75, 3.05) is 5.32 Å². The Bertz CT molecular complexity index is 396. The van der Waals surface area contributed by atoms with Crippen molar-refractivity contribution in [3.8, 4) is 0 Å². The van der Waals surface area contributed by atoms with Crippen molar-refractivity contribution in [1.82, 2.24) is 4.98 Å². The summed E-state index contributed by atoms with van der Waals surface area (Å²) in [6, 6.07) is 3.70. The molecule has 1 heterocycles. The van der Waals surface area contributed by atoms with Crippen molar-refractivity contribution in [3.05, 3.63) is 23.9 Å². The van der Waals surface area contributed by atoms with Gasteiger partial charge in [-0.3, -0.25) is 4.79 Å². The number of rotatable bonds is 5. The van der Waals surface area contributed by atoms with Crippen LogP contribution in [0.4, 0.5) is 5.82 Å².